The van der Waals surface area contributed by atoms with Crippen molar-refractivity contribution in [1.29, 1.82) is 0 Å². The van der Waals surface area contributed by atoms with E-state index in [0.717, 1.165) is 5.39 Å². The van der Waals surface area contributed by atoms with Crippen LogP contribution in [0.2, 0.25) is 0 Å². The molecule has 0 spiro atoms. The molecule has 6 heteroatoms. The number of nitrogens with one attached hydrogen (secondary N) is 1. The van der Waals surface area contributed by atoms with E-state index < -0.39 is 5.97 Å². The SMILES string of the molecule is O=C(COc1c(C(=O)O)ccc2ccccc12)NCc1ccco1. The predicted molar refractivity (Wildman–Crippen MR) is 87.0 cm³/mol. The van der Waals surface area contributed by atoms with Gasteiger partial charge in [-0.05, 0) is 23.6 Å². The van der Waals surface area contributed by atoms with E-state index >= 15 is 0 Å². The van der Waals surface area contributed by atoms with Crippen LogP contribution in [-0.4, -0.2) is 23.6 Å². The lowest BCUT2D eigenvalue weighted by atomic mass is 10.1. The van der Waals surface area contributed by atoms with Crippen molar-refractivity contribution in [3.8, 4) is 5.75 Å². The van der Waals surface area contributed by atoms with Crippen LogP contribution in [0.25, 0.3) is 10.8 Å². The summed E-state index contributed by atoms with van der Waals surface area (Å²) in [5.74, 6) is -0.657. The van der Waals surface area contributed by atoms with Gasteiger partial charge in [-0.25, -0.2) is 4.79 Å². The minimum absolute atomic E-state index is 0.0209. The molecule has 0 atom stereocenters. The Labute approximate surface area is 137 Å². The van der Waals surface area contributed by atoms with Gasteiger partial charge < -0.3 is 19.6 Å². The highest BCUT2D eigenvalue weighted by atomic mass is 16.5. The van der Waals surface area contributed by atoms with Gasteiger partial charge in [0.1, 0.15) is 17.1 Å². The van der Waals surface area contributed by atoms with Gasteiger partial charge in [0.15, 0.2) is 6.61 Å². The van der Waals surface area contributed by atoms with Crippen molar-refractivity contribution in [2.75, 3.05) is 6.61 Å². The standard InChI is InChI=1S/C18H15NO5/c20-16(19-10-13-5-3-9-23-13)11-24-17-14-6-2-1-4-12(14)7-8-15(17)18(21)22/h1-9H,10-11H2,(H,19,20)(H,21,22). The Bertz CT molecular complexity index is 870. The van der Waals surface area contributed by atoms with Crippen LogP contribution < -0.4 is 10.1 Å². The van der Waals surface area contributed by atoms with Crippen LogP contribution in [0.3, 0.4) is 0 Å². The second-order valence-electron chi connectivity index (χ2n) is 5.11. The zero-order valence-corrected chi connectivity index (χ0v) is 12.7. The number of furan rings is 1. The number of hydrogen-bond donors (Lipinski definition) is 2. The molecule has 0 fully saturated rings. The number of rotatable bonds is 6. The fraction of sp³-hybridized carbons (Fsp3) is 0.111. The van der Waals surface area contributed by atoms with Crippen molar-refractivity contribution < 1.29 is 23.8 Å². The van der Waals surface area contributed by atoms with Gasteiger partial charge in [-0.1, -0.05) is 30.3 Å². The first-order valence-corrected chi connectivity index (χ1v) is 7.32. The first-order chi connectivity index (χ1) is 11.6. The summed E-state index contributed by atoms with van der Waals surface area (Å²) in [6.45, 7) is -0.0362. The third-order valence-electron chi connectivity index (χ3n) is 3.50. The van der Waals surface area contributed by atoms with E-state index in [0.29, 0.717) is 11.1 Å². The normalized spacial score (nSPS) is 10.5. The van der Waals surface area contributed by atoms with Crippen molar-refractivity contribution in [3.05, 3.63) is 66.1 Å². The Morgan fingerprint density at radius 3 is 2.67 bits per heavy atom. The van der Waals surface area contributed by atoms with Gasteiger partial charge in [-0.2, -0.15) is 0 Å². The Morgan fingerprint density at radius 1 is 1.08 bits per heavy atom. The highest BCUT2D eigenvalue weighted by Crippen LogP contribution is 2.30. The molecule has 3 aromatic rings. The molecule has 6 nitrogen and oxygen atoms in total. The van der Waals surface area contributed by atoms with E-state index in [1.54, 1.807) is 30.3 Å². The molecule has 0 aliphatic heterocycles. The van der Waals surface area contributed by atoms with Gasteiger partial charge in [0.05, 0.1) is 12.8 Å². The number of carboxylic acids is 1. The van der Waals surface area contributed by atoms with Crippen LogP contribution >= 0.6 is 0 Å². The average Bonchev–Trinajstić information content (AvgIpc) is 3.11. The number of carbonyl (C=O) groups excluding carboxylic acids is 1. The summed E-state index contributed by atoms with van der Waals surface area (Å²) in [6.07, 6.45) is 1.52. The summed E-state index contributed by atoms with van der Waals surface area (Å²) in [4.78, 5) is 23.3. The van der Waals surface area contributed by atoms with Crippen LogP contribution in [-0.2, 0) is 11.3 Å². The Hall–Kier alpha value is -3.28. The second kappa shape index (κ2) is 6.87. The van der Waals surface area contributed by atoms with Crippen molar-refractivity contribution in [3.63, 3.8) is 0 Å². The lowest BCUT2D eigenvalue weighted by Crippen LogP contribution is -2.28. The van der Waals surface area contributed by atoms with E-state index in [1.165, 1.54) is 12.3 Å². The molecule has 0 aliphatic carbocycles. The molecule has 0 saturated carbocycles. The molecule has 2 aromatic carbocycles. The topological polar surface area (TPSA) is 88.8 Å². The molecular formula is C18H15NO5. The number of hydrogen-bond acceptors (Lipinski definition) is 4. The molecular weight excluding hydrogens is 310 g/mol. The smallest absolute Gasteiger partial charge is 0.339 e. The average molecular weight is 325 g/mol. The molecule has 0 bridgehead atoms. The molecule has 0 aliphatic rings. The Balaban J connectivity index is 1.75. The first kappa shape index (κ1) is 15.6. The lowest BCUT2D eigenvalue weighted by Gasteiger charge is -2.12. The van der Waals surface area contributed by atoms with E-state index in [1.807, 2.05) is 12.1 Å². The molecule has 0 unspecified atom stereocenters. The summed E-state index contributed by atoms with van der Waals surface area (Å²) in [6, 6.07) is 13.9. The van der Waals surface area contributed by atoms with Crippen LogP contribution in [0.15, 0.2) is 59.2 Å². The first-order valence-electron chi connectivity index (χ1n) is 7.32. The fourth-order valence-corrected chi connectivity index (χ4v) is 2.35. The summed E-state index contributed by atoms with van der Waals surface area (Å²) in [7, 11) is 0. The number of benzene rings is 2. The van der Waals surface area contributed by atoms with E-state index in [-0.39, 0.29) is 30.4 Å². The molecule has 1 amide bonds. The van der Waals surface area contributed by atoms with Crippen molar-refractivity contribution in [2.24, 2.45) is 0 Å². The number of fused-ring (bicyclic) bond motifs is 1. The van der Waals surface area contributed by atoms with Crippen molar-refractivity contribution in [1.82, 2.24) is 5.32 Å². The van der Waals surface area contributed by atoms with Gasteiger partial charge in [-0.3, -0.25) is 4.79 Å². The van der Waals surface area contributed by atoms with E-state index in [4.69, 9.17) is 9.15 Å². The molecule has 0 saturated heterocycles. The molecule has 3 rings (SSSR count). The number of amides is 1. The van der Waals surface area contributed by atoms with E-state index in [9.17, 15) is 14.7 Å². The minimum atomic E-state index is -1.10. The fourth-order valence-electron chi connectivity index (χ4n) is 2.35. The lowest BCUT2D eigenvalue weighted by molar-refractivity contribution is -0.123. The highest BCUT2D eigenvalue weighted by molar-refractivity contribution is 6.00. The third-order valence-corrected chi connectivity index (χ3v) is 3.50. The minimum Gasteiger partial charge on any atom is -0.482 e. The molecule has 1 heterocycles. The number of carbonyl (C=O) groups is 2. The zero-order chi connectivity index (χ0) is 16.9. The van der Waals surface area contributed by atoms with Crippen molar-refractivity contribution in [2.45, 2.75) is 6.54 Å². The van der Waals surface area contributed by atoms with Crippen LogP contribution in [0, 0.1) is 0 Å². The maximum Gasteiger partial charge on any atom is 0.339 e. The van der Waals surface area contributed by atoms with Crippen LogP contribution in [0.5, 0.6) is 5.75 Å². The molecule has 2 N–H and O–H groups in total. The number of carboxylic acid groups (broad SMARTS) is 1. The van der Waals surface area contributed by atoms with Crippen molar-refractivity contribution >= 4 is 22.6 Å². The van der Waals surface area contributed by atoms with Crippen LogP contribution in [0.1, 0.15) is 16.1 Å². The van der Waals surface area contributed by atoms with Gasteiger partial charge >= 0.3 is 5.97 Å². The van der Waals surface area contributed by atoms with E-state index in [2.05, 4.69) is 5.32 Å². The summed E-state index contributed by atoms with van der Waals surface area (Å²) in [5.41, 5.74) is 0.0209. The third kappa shape index (κ3) is 3.38. The van der Waals surface area contributed by atoms with Gasteiger partial charge in [0.2, 0.25) is 0 Å². The largest absolute Gasteiger partial charge is 0.482 e. The van der Waals surface area contributed by atoms with Gasteiger partial charge in [0.25, 0.3) is 5.91 Å². The number of aromatic carboxylic acids is 1. The quantitative estimate of drug-likeness (QED) is 0.727. The summed E-state index contributed by atoms with van der Waals surface area (Å²) in [5, 5.41) is 13.5. The van der Waals surface area contributed by atoms with Gasteiger partial charge in [0, 0.05) is 5.39 Å². The summed E-state index contributed by atoms with van der Waals surface area (Å²) < 4.78 is 10.6. The highest BCUT2D eigenvalue weighted by Gasteiger charge is 2.16. The molecule has 0 radical (unpaired) electrons. The molecule has 122 valence electrons. The monoisotopic (exact) mass is 325 g/mol. The zero-order valence-electron chi connectivity index (χ0n) is 12.7. The number of ether oxygens (including phenoxy) is 1. The maximum atomic E-state index is 11.9. The Morgan fingerprint density at radius 2 is 1.92 bits per heavy atom. The summed E-state index contributed by atoms with van der Waals surface area (Å²) >= 11 is 0. The predicted octanol–water partition coefficient (Wildman–Crippen LogP) is 2.83. The molecule has 1 aromatic heterocycles. The Kier molecular flexibility index (Phi) is 4.47. The van der Waals surface area contributed by atoms with Gasteiger partial charge in [-0.15, -0.1) is 0 Å². The second-order valence-corrected chi connectivity index (χ2v) is 5.11. The molecule has 24 heavy (non-hydrogen) atoms. The van der Waals surface area contributed by atoms with Crippen LogP contribution in [0.4, 0.5) is 0 Å². The maximum absolute atomic E-state index is 11.9.